The second-order valence-corrected chi connectivity index (χ2v) is 33.7. The summed E-state index contributed by atoms with van der Waals surface area (Å²) in [4.78, 5) is 9.87. The third kappa shape index (κ3) is 13.4. The van der Waals surface area contributed by atoms with Crippen LogP contribution in [0.3, 0.4) is 0 Å². The van der Waals surface area contributed by atoms with E-state index in [1.54, 1.807) is 0 Å². The van der Waals surface area contributed by atoms with E-state index in [2.05, 4.69) is 477 Å². The van der Waals surface area contributed by atoms with Crippen molar-refractivity contribution in [3.63, 3.8) is 0 Å². The molecule has 0 aliphatic heterocycles. The number of rotatable bonds is 11. The summed E-state index contributed by atoms with van der Waals surface area (Å²) in [7, 11) is 0. The first-order chi connectivity index (χ1) is 64.4. The molecule has 3 heterocycles. The number of nitrogens with zero attached hydrogens (tertiary/aromatic N) is 4. The number of furan rings is 1. The van der Waals surface area contributed by atoms with E-state index < -0.39 is 0 Å². The molecule has 23 aromatic carbocycles. The van der Waals surface area contributed by atoms with Crippen molar-refractivity contribution in [2.45, 2.75) is 6.92 Å². The fraction of sp³-hybridized carbons (Fsp3) is 0.00800. The molecule has 0 atom stereocenters. The van der Waals surface area contributed by atoms with Crippen LogP contribution in [0.4, 0.5) is 0 Å². The van der Waals surface area contributed by atoms with Gasteiger partial charge >= 0.3 is 0 Å². The molecule has 0 spiro atoms. The quantitative estimate of drug-likeness (QED) is 0.121. The van der Waals surface area contributed by atoms with E-state index in [0.29, 0.717) is 0 Å². The molecular formula is C125H82N4O. The molecule has 0 aliphatic rings. The largest absolute Gasteiger partial charge is 0.455 e. The van der Waals surface area contributed by atoms with Crippen molar-refractivity contribution < 1.29 is 4.42 Å². The number of aromatic nitrogens is 4. The van der Waals surface area contributed by atoms with Crippen LogP contribution in [0.2, 0.25) is 0 Å². The molecule has 0 fully saturated rings. The number of fused-ring (bicyclic) bond motifs is 13. The van der Waals surface area contributed by atoms with E-state index in [4.69, 9.17) is 14.4 Å². The highest BCUT2D eigenvalue weighted by molar-refractivity contribution is 6.25. The summed E-state index contributed by atoms with van der Waals surface area (Å²) < 4.78 is 10.8. The molecule has 130 heavy (non-hydrogen) atoms. The van der Waals surface area contributed by atoms with Crippen molar-refractivity contribution in [2.24, 2.45) is 0 Å². The van der Waals surface area contributed by atoms with E-state index in [-0.39, 0.29) is 0 Å². The lowest BCUT2D eigenvalue weighted by molar-refractivity contribution is 0.670. The zero-order valence-electron chi connectivity index (χ0n) is 71.3. The van der Waals surface area contributed by atoms with Gasteiger partial charge in [-0.15, -0.1) is 0 Å². The highest BCUT2D eigenvalue weighted by Gasteiger charge is 2.24. The standard InChI is InChI=1S/C53H34N2.C38H24O.C34H24N2/c1-2-16-44(17-3-1)55-50-21-11-10-20-49(50)54-53(55)38-26-22-37(23-27-38)41-30-31-47-48(34-41)52(43-29-25-36-13-5-7-15-40(36)33-43)46-19-9-8-18-45(46)51(47)42-28-24-35-12-4-6-14-39(35)32-42;1-2-11-26(12-3-1)36-30-14-4-6-16-32(30)37(33-17-7-5-15-31(33)36)27-23-21-25(22-24-27)28-18-10-19-34-29-13-8-9-20-35(29)39-38(28)34;1-23-35-31-17-9-10-18-32(31)36(23)26-21-19-25(20-22-26)34-29-15-7-5-13-27(29)33(24-11-3-2-4-12-24)28-14-6-8-16-30(28)34/h1-34H;1-24H;2-22H,1H3. The molecule has 0 aliphatic carbocycles. The third-order valence-corrected chi connectivity index (χ3v) is 26.2. The summed E-state index contributed by atoms with van der Waals surface area (Å²) in [6, 6.07) is 172. The number of imidazole rings is 2. The minimum atomic E-state index is 0.924. The van der Waals surface area contributed by atoms with Crippen LogP contribution in [0.25, 0.3) is 242 Å². The topological polar surface area (TPSA) is 48.8 Å². The first-order valence-electron chi connectivity index (χ1n) is 44.6. The Morgan fingerprint density at radius 3 is 1.02 bits per heavy atom. The zero-order valence-corrected chi connectivity index (χ0v) is 71.3. The van der Waals surface area contributed by atoms with Crippen molar-refractivity contribution in [3.05, 3.63) is 485 Å². The van der Waals surface area contributed by atoms with Gasteiger partial charge in [0, 0.05) is 33.3 Å². The summed E-state index contributed by atoms with van der Waals surface area (Å²) in [5.41, 5.74) is 29.0. The molecule has 0 saturated heterocycles. The van der Waals surface area contributed by atoms with Crippen molar-refractivity contribution in [3.8, 4) is 112 Å². The second-order valence-electron chi connectivity index (χ2n) is 33.7. The van der Waals surface area contributed by atoms with Crippen molar-refractivity contribution in [1.82, 2.24) is 19.1 Å². The summed E-state index contributed by atoms with van der Waals surface area (Å²) in [5.74, 6) is 1.93. The Kier molecular flexibility index (Phi) is 19.1. The predicted molar refractivity (Wildman–Crippen MR) is 550 cm³/mol. The molecule has 3 aromatic heterocycles. The maximum Gasteiger partial charge on any atom is 0.145 e. The van der Waals surface area contributed by atoms with Crippen LogP contribution in [-0.2, 0) is 0 Å². The van der Waals surface area contributed by atoms with Gasteiger partial charge in [-0.05, 0) is 249 Å². The number of aryl methyl sites for hydroxylation is 1. The predicted octanol–water partition coefficient (Wildman–Crippen LogP) is 34.2. The Morgan fingerprint density at radius 1 is 0.192 bits per heavy atom. The molecule has 0 bridgehead atoms. The van der Waals surface area contributed by atoms with E-state index >= 15 is 0 Å². The average Bonchev–Trinajstić information content (AvgIpc) is 1.39. The molecule has 5 nitrogen and oxygen atoms in total. The van der Waals surface area contributed by atoms with Gasteiger partial charge in [0.05, 0.1) is 22.1 Å². The van der Waals surface area contributed by atoms with Gasteiger partial charge in [0.1, 0.15) is 22.8 Å². The van der Waals surface area contributed by atoms with Gasteiger partial charge in [-0.3, -0.25) is 9.13 Å². The molecule has 26 rings (SSSR count). The van der Waals surface area contributed by atoms with Crippen LogP contribution < -0.4 is 0 Å². The normalized spacial score (nSPS) is 11.6. The van der Waals surface area contributed by atoms with Crippen molar-refractivity contribution >= 4 is 130 Å². The molecule has 608 valence electrons. The first-order valence-corrected chi connectivity index (χ1v) is 44.6. The van der Waals surface area contributed by atoms with Gasteiger partial charge in [0.25, 0.3) is 0 Å². The van der Waals surface area contributed by atoms with Crippen molar-refractivity contribution in [2.75, 3.05) is 0 Å². The Bertz CT molecular complexity index is 8780. The van der Waals surface area contributed by atoms with Crippen LogP contribution in [0.5, 0.6) is 0 Å². The minimum absolute atomic E-state index is 0.924. The summed E-state index contributed by atoms with van der Waals surface area (Å²) in [6.07, 6.45) is 0. The van der Waals surface area contributed by atoms with Crippen LogP contribution in [0, 0.1) is 6.92 Å². The Morgan fingerprint density at radius 2 is 0.523 bits per heavy atom. The number of para-hydroxylation sites is 7. The molecule has 5 heteroatoms. The van der Waals surface area contributed by atoms with E-state index in [0.717, 1.165) is 89.3 Å². The highest BCUT2D eigenvalue weighted by atomic mass is 16.3. The van der Waals surface area contributed by atoms with E-state index in [1.807, 2.05) is 18.2 Å². The maximum absolute atomic E-state index is 6.32. The van der Waals surface area contributed by atoms with E-state index in [9.17, 15) is 0 Å². The monoisotopic (exact) mass is 1650 g/mol. The molecule has 0 N–H and O–H groups in total. The van der Waals surface area contributed by atoms with Gasteiger partial charge in [-0.25, -0.2) is 9.97 Å². The molecule has 26 aromatic rings. The van der Waals surface area contributed by atoms with Gasteiger partial charge in [-0.1, -0.05) is 406 Å². The lowest BCUT2D eigenvalue weighted by Crippen LogP contribution is -1.97. The Labute approximate surface area is 752 Å². The molecule has 0 amide bonds. The van der Waals surface area contributed by atoms with Gasteiger partial charge < -0.3 is 4.42 Å². The second kappa shape index (κ2) is 32.5. The first kappa shape index (κ1) is 76.5. The lowest BCUT2D eigenvalue weighted by atomic mass is 9.84. The lowest BCUT2D eigenvalue weighted by Gasteiger charge is -2.19. The summed E-state index contributed by atoms with van der Waals surface area (Å²) in [6.45, 7) is 2.07. The third-order valence-electron chi connectivity index (χ3n) is 26.2. The average molecular weight is 1660 g/mol. The smallest absolute Gasteiger partial charge is 0.145 e. The van der Waals surface area contributed by atoms with Crippen LogP contribution in [0.15, 0.2) is 484 Å². The number of benzene rings is 23. The molecular weight excluding hydrogens is 1570 g/mol. The highest BCUT2D eigenvalue weighted by Crippen LogP contribution is 2.50. The van der Waals surface area contributed by atoms with Gasteiger partial charge in [0.2, 0.25) is 0 Å². The number of hydrogen-bond acceptors (Lipinski definition) is 3. The van der Waals surface area contributed by atoms with Crippen LogP contribution in [0.1, 0.15) is 5.82 Å². The SMILES string of the molecule is Cc1nc2ccccc2n1-c1ccc(-c2c3ccccc3c(-c3ccccc3)c3ccccc23)cc1.c1ccc(-c2c3ccccc3c(-c3ccc(-c4cccc5c4oc4ccccc45)cc3)c3ccccc23)cc1.c1ccc(-n2c(-c3ccc(-c4ccc5c(-c6ccc7ccccc7c6)c6ccccc6c(-c6ccc7ccccc7c6)c5c4)cc3)nc3ccccc32)cc1. The van der Waals surface area contributed by atoms with Gasteiger partial charge in [0.15, 0.2) is 0 Å². The molecule has 0 radical (unpaired) electrons. The summed E-state index contributed by atoms with van der Waals surface area (Å²) >= 11 is 0. The minimum Gasteiger partial charge on any atom is -0.455 e. The fourth-order valence-electron chi connectivity index (χ4n) is 20.3. The van der Waals surface area contributed by atoms with Crippen LogP contribution in [-0.4, -0.2) is 19.1 Å². The van der Waals surface area contributed by atoms with E-state index in [1.165, 1.54) is 159 Å². The Balaban J connectivity index is 0.000000111. The molecule has 0 saturated carbocycles. The molecule has 0 unspecified atom stereocenters. The van der Waals surface area contributed by atoms with Crippen molar-refractivity contribution in [1.29, 1.82) is 0 Å². The van der Waals surface area contributed by atoms with Crippen LogP contribution >= 0.6 is 0 Å². The maximum atomic E-state index is 6.32. The fourth-order valence-corrected chi connectivity index (χ4v) is 20.3. The zero-order chi connectivity index (χ0) is 86.1. The Hall–Kier alpha value is -17.1. The number of hydrogen-bond donors (Lipinski definition) is 0. The summed E-state index contributed by atoms with van der Waals surface area (Å²) in [5, 5.41) is 22.4. The van der Waals surface area contributed by atoms with Gasteiger partial charge in [-0.2, -0.15) is 0 Å².